The standard InChI is InChI=1S/C20H24N2O5S/c1-4-26-18-12-6-15(14-19(18)27-5-2)7-13-20(23)21-16-8-10-17(11-9-16)22-28(3,24)25/h6-14,22H,4-5H2,1-3H3,(H,21,23). The number of hydrogen-bond donors (Lipinski definition) is 2. The van der Waals surface area contributed by atoms with E-state index in [1.54, 1.807) is 36.4 Å². The number of hydrogen-bond acceptors (Lipinski definition) is 5. The third-order valence-electron chi connectivity index (χ3n) is 3.45. The lowest BCUT2D eigenvalue weighted by Gasteiger charge is -2.11. The molecule has 0 saturated carbocycles. The van der Waals surface area contributed by atoms with Gasteiger partial charge in [0.1, 0.15) is 0 Å². The second-order valence-corrected chi connectivity index (χ2v) is 7.59. The summed E-state index contributed by atoms with van der Waals surface area (Å²) in [6.07, 6.45) is 4.16. The van der Waals surface area contributed by atoms with Crippen molar-refractivity contribution in [2.75, 3.05) is 29.5 Å². The van der Waals surface area contributed by atoms with Gasteiger partial charge in [-0.15, -0.1) is 0 Å². The van der Waals surface area contributed by atoms with E-state index in [1.807, 2.05) is 26.0 Å². The Hall–Kier alpha value is -3.00. The molecule has 0 spiro atoms. The highest BCUT2D eigenvalue weighted by Crippen LogP contribution is 2.29. The molecule has 0 bridgehead atoms. The number of carbonyl (C=O) groups excluding carboxylic acids is 1. The van der Waals surface area contributed by atoms with Crippen LogP contribution in [0.4, 0.5) is 11.4 Å². The van der Waals surface area contributed by atoms with Gasteiger partial charge in [-0.1, -0.05) is 6.07 Å². The minimum atomic E-state index is -3.33. The number of benzene rings is 2. The third kappa shape index (κ3) is 6.96. The lowest BCUT2D eigenvalue weighted by molar-refractivity contribution is -0.111. The number of anilines is 2. The van der Waals surface area contributed by atoms with Crippen molar-refractivity contribution in [1.82, 2.24) is 0 Å². The Morgan fingerprint density at radius 1 is 0.964 bits per heavy atom. The first-order valence-electron chi connectivity index (χ1n) is 8.77. The van der Waals surface area contributed by atoms with Crippen molar-refractivity contribution in [3.05, 3.63) is 54.1 Å². The van der Waals surface area contributed by atoms with E-state index >= 15 is 0 Å². The van der Waals surface area contributed by atoms with Crippen molar-refractivity contribution < 1.29 is 22.7 Å². The van der Waals surface area contributed by atoms with Gasteiger partial charge in [0, 0.05) is 17.5 Å². The van der Waals surface area contributed by atoms with Crippen molar-refractivity contribution in [1.29, 1.82) is 0 Å². The topological polar surface area (TPSA) is 93.7 Å². The van der Waals surface area contributed by atoms with Crippen LogP contribution in [-0.2, 0) is 14.8 Å². The summed E-state index contributed by atoms with van der Waals surface area (Å²) in [5.41, 5.74) is 1.78. The van der Waals surface area contributed by atoms with Gasteiger partial charge in [-0.2, -0.15) is 0 Å². The molecular formula is C20H24N2O5S. The number of amides is 1. The molecule has 2 N–H and O–H groups in total. The highest BCUT2D eigenvalue weighted by molar-refractivity contribution is 7.92. The Morgan fingerprint density at radius 2 is 1.57 bits per heavy atom. The SMILES string of the molecule is CCOc1ccc(C=CC(=O)Nc2ccc(NS(C)(=O)=O)cc2)cc1OCC. The summed E-state index contributed by atoms with van der Waals surface area (Å²) in [6.45, 7) is 4.84. The van der Waals surface area contributed by atoms with Gasteiger partial charge < -0.3 is 14.8 Å². The van der Waals surface area contributed by atoms with Crippen molar-refractivity contribution in [3.8, 4) is 11.5 Å². The molecule has 0 atom stereocenters. The molecule has 0 heterocycles. The van der Waals surface area contributed by atoms with Crippen molar-refractivity contribution in [3.63, 3.8) is 0 Å². The lowest BCUT2D eigenvalue weighted by Crippen LogP contribution is -2.10. The van der Waals surface area contributed by atoms with Crippen molar-refractivity contribution >= 4 is 33.4 Å². The fourth-order valence-corrected chi connectivity index (χ4v) is 2.93. The first-order chi connectivity index (χ1) is 13.3. The Labute approximate surface area is 165 Å². The highest BCUT2D eigenvalue weighted by atomic mass is 32.2. The predicted octanol–water partition coefficient (Wildman–Crippen LogP) is 3.51. The van der Waals surface area contributed by atoms with Crippen LogP contribution in [0.1, 0.15) is 19.4 Å². The highest BCUT2D eigenvalue weighted by Gasteiger charge is 2.06. The fraction of sp³-hybridized carbons (Fsp3) is 0.250. The van der Waals surface area contributed by atoms with Gasteiger partial charge in [0.15, 0.2) is 11.5 Å². The zero-order valence-corrected chi connectivity index (χ0v) is 16.9. The Morgan fingerprint density at radius 3 is 2.18 bits per heavy atom. The summed E-state index contributed by atoms with van der Waals surface area (Å²) in [7, 11) is -3.33. The van der Waals surface area contributed by atoms with Crippen LogP contribution < -0.4 is 19.5 Å². The molecule has 150 valence electrons. The van der Waals surface area contributed by atoms with E-state index in [4.69, 9.17) is 9.47 Å². The fourth-order valence-electron chi connectivity index (χ4n) is 2.36. The van der Waals surface area contributed by atoms with Gasteiger partial charge in [0.05, 0.1) is 19.5 Å². The van der Waals surface area contributed by atoms with E-state index in [1.165, 1.54) is 6.08 Å². The maximum Gasteiger partial charge on any atom is 0.248 e. The van der Waals surface area contributed by atoms with Crippen LogP contribution in [0.15, 0.2) is 48.5 Å². The van der Waals surface area contributed by atoms with Crippen LogP contribution in [0.25, 0.3) is 6.08 Å². The lowest BCUT2D eigenvalue weighted by atomic mass is 10.2. The molecule has 0 fully saturated rings. The molecule has 0 aromatic heterocycles. The molecule has 28 heavy (non-hydrogen) atoms. The minimum Gasteiger partial charge on any atom is -0.490 e. The molecule has 2 rings (SSSR count). The number of ether oxygens (including phenoxy) is 2. The summed E-state index contributed by atoms with van der Waals surface area (Å²) in [5, 5.41) is 2.71. The zero-order valence-electron chi connectivity index (χ0n) is 16.1. The predicted molar refractivity (Wildman–Crippen MR) is 111 cm³/mol. The van der Waals surface area contributed by atoms with E-state index in [2.05, 4.69) is 10.0 Å². The summed E-state index contributed by atoms with van der Waals surface area (Å²) in [6, 6.07) is 11.8. The van der Waals surface area contributed by atoms with Crippen LogP contribution in [0.5, 0.6) is 11.5 Å². The Balaban J connectivity index is 2.02. The normalized spacial score (nSPS) is 11.2. The average molecular weight is 404 g/mol. The molecular weight excluding hydrogens is 380 g/mol. The number of sulfonamides is 1. The second kappa shape index (κ2) is 9.80. The Kier molecular flexibility index (Phi) is 7.45. The number of rotatable bonds is 9. The summed E-state index contributed by atoms with van der Waals surface area (Å²) in [5.74, 6) is 0.977. The second-order valence-electron chi connectivity index (χ2n) is 5.85. The van der Waals surface area contributed by atoms with Gasteiger partial charge in [-0.25, -0.2) is 8.42 Å². The number of carbonyl (C=O) groups is 1. The van der Waals surface area contributed by atoms with E-state index in [-0.39, 0.29) is 5.91 Å². The van der Waals surface area contributed by atoms with Crippen LogP contribution in [0.2, 0.25) is 0 Å². The largest absolute Gasteiger partial charge is 0.490 e. The van der Waals surface area contributed by atoms with Gasteiger partial charge in [0.2, 0.25) is 15.9 Å². The summed E-state index contributed by atoms with van der Waals surface area (Å²) in [4.78, 5) is 12.1. The maximum atomic E-state index is 12.1. The quantitative estimate of drug-likeness (QED) is 0.624. The van der Waals surface area contributed by atoms with Crippen LogP contribution in [0.3, 0.4) is 0 Å². The molecule has 0 radical (unpaired) electrons. The van der Waals surface area contributed by atoms with Crippen molar-refractivity contribution in [2.24, 2.45) is 0 Å². The smallest absolute Gasteiger partial charge is 0.248 e. The van der Waals surface area contributed by atoms with Gasteiger partial charge >= 0.3 is 0 Å². The number of nitrogens with one attached hydrogen (secondary N) is 2. The van der Waals surface area contributed by atoms with Gasteiger partial charge in [0.25, 0.3) is 0 Å². The molecule has 0 aliphatic rings. The molecule has 8 heteroatoms. The molecule has 0 aliphatic heterocycles. The summed E-state index contributed by atoms with van der Waals surface area (Å²) < 4.78 is 35.8. The Bertz CT molecular complexity index is 938. The molecule has 0 aliphatic carbocycles. The van der Waals surface area contributed by atoms with Gasteiger partial charge in [-0.05, 0) is 61.9 Å². The molecule has 0 saturated heterocycles. The van der Waals surface area contributed by atoms with Crippen molar-refractivity contribution in [2.45, 2.75) is 13.8 Å². The summed E-state index contributed by atoms with van der Waals surface area (Å²) >= 11 is 0. The van der Waals surface area contributed by atoms with Crippen LogP contribution >= 0.6 is 0 Å². The van der Waals surface area contributed by atoms with E-state index in [0.29, 0.717) is 36.1 Å². The monoisotopic (exact) mass is 404 g/mol. The third-order valence-corrected chi connectivity index (χ3v) is 4.06. The first-order valence-corrected chi connectivity index (χ1v) is 10.7. The van der Waals surface area contributed by atoms with Crippen LogP contribution in [-0.4, -0.2) is 33.8 Å². The van der Waals surface area contributed by atoms with Crippen LogP contribution in [0, 0.1) is 0 Å². The molecule has 0 unspecified atom stereocenters. The first kappa shape index (κ1) is 21.3. The minimum absolute atomic E-state index is 0.310. The molecule has 2 aromatic carbocycles. The van der Waals surface area contributed by atoms with E-state index in [9.17, 15) is 13.2 Å². The van der Waals surface area contributed by atoms with E-state index in [0.717, 1.165) is 11.8 Å². The van der Waals surface area contributed by atoms with Gasteiger partial charge in [-0.3, -0.25) is 9.52 Å². The zero-order chi connectivity index (χ0) is 20.6. The molecule has 7 nitrogen and oxygen atoms in total. The average Bonchev–Trinajstić information content (AvgIpc) is 2.63. The van der Waals surface area contributed by atoms with E-state index < -0.39 is 10.0 Å². The molecule has 2 aromatic rings. The molecule has 1 amide bonds. The maximum absolute atomic E-state index is 12.1.